The number of benzene rings is 1. The Balaban J connectivity index is 2.37. The zero-order chi connectivity index (χ0) is 14.0. The molecule has 2 unspecified atom stereocenters. The van der Waals surface area contributed by atoms with Gasteiger partial charge in [-0.1, -0.05) is 6.07 Å². The predicted molar refractivity (Wildman–Crippen MR) is 70.7 cm³/mol. The quantitative estimate of drug-likeness (QED) is 0.872. The van der Waals surface area contributed by atoms with Gasteiger partial charge in [-0.3, -0.25) is 0 Å². The maximum absolute atomic E-state index is 13.9. The molecule has 1 fully saturated rings. The van der Waals surface area contributed by atoms with Crippen molar-refractivity contribution in [2.75, 3.05) is 24.7 Å². The van der Waals surface area contributed by atoms with Gasteiger partial charge in [0.15, 0.2) is 0 Å². The SMILES string of the molecule is CC1COC(CO)CN1c1cccc(F)c1[C@@H](C)O. The Kier molecular flexibility index (Phi) is 4.39. The van der Waals surface area contributed by atoms with E-state index in [0.29, 0.717) is 24.4 Å². The largest absolute Gasteiger partial charge is 0.394 e. The van der Waals surface area contributed by atoms with Gasteiger partial charge in [0.05, 0.1) is 25.4 Å². The van der Waals surface area contributed by atoms with Gasteiger partial charge in [0, 0.05) is 23.8 Å². The number of hydrogen-bond acceptors (Lipinski definition) is 4. The van der Waals surface area contributed by atoms with E-state index < -0.39 is 11.9 Å². The van der Waals surface area contributed by atoms with E-state index in [-0.39, 0.29) is 18.8 Å². The molecule has 2 rings (SSSR count). The van der Waals surface area contributed by atoms with E-state index in [1.165, 1.54) is 6.07 Å². The van der Waals surface area contributed by atoms with Crippen LogP contribution in [0.1, 0.15) is 25.5 Å². The van der Waals surface area contributed by atoms with Gasteiger partial charge in [-0.25, -0.2) is 4.39 Å². The van der Waals surface area contributed by atoms with E-state index >= 15 is 0 Å². The van der Waals surface area contributed by atoms with Gasteiger partial charge >= 0.3 is 0 Å². The van der Waals surface area contributed by atoms with Gasteiger partial charge in [-0.05, 0) is 26.0 Å². The minimum absolute atomic E-state index is 0.0669. The summed E-state index contributed by atoms with van der Waals surface area (Å²) in [5, 5.41) is 19.0. The van der Waals surface area contributed by atoms with Gasteiger partial charge in [0.25, 0.3) is 0 Å². The fraction of sp³-hybridized carbons (Fsp3) is 0.571. The molecule has 0 bridgehead atoms. The number of aliphatic hydroxyl groups is 2. The van der Waals surface area contributed by atoms with Crippen LogP contribution in [0, 0.1) is 5.82 Å². The molecule has 1 heterocycles. The molecule has 0 aliphatic carbocycles. The van der Waals surface area contributed by atoms with E-state index in [1.54, 1.807) is 19.1 Å². The lowest BCUT2D eigenvalue weighted by molar-refractivity contribution is -0.0105. The maximum atomic E-state index is 13.9. The molecule has 1 saturated heterocycles. The van der Waals surface area contributed by atoms with Crippen LogP contribution in [0.4, 0.5) is 10.1 Å². The number of halogens is 1. The Morgan fingerprint density at radius 2 is 2.26 bits per heavy atom. The summed E-state index contributed by atoms with van der Waals surface area (Å²) in [6.07, 6.45) is -1.15. The first-order valence-electron chi connectivity index (χ1n) is 6.50. The van der Waals surface area contributed by atoms with Crippen molar-refractivity contribution in [2.45, 2.75) is 32.1 Å². The lowest BCUT2D eigenvalue weighted by Crippen LogP contribution is -2.50. The van der Waals surface area contributed by atoms with Crippen LogP contribution in [0.3, 0.4) is 0 Å². The van der Waals surface area contributed by atoms with Gasteiger partial charge in [0.1, 0.15) is 5.82 Å². The van der Waals surface area contributed by atoms with E-state index in [2.05, 4.69) is 0 Å². The van der Waals surface area contributed by atoms with Gasteiger partial charge < -0.3 is 19.8 Å². The molecule has 0 saturated carbocycles. The van der Waals surface area contributed by atoms with Crippen molar-refractivity contribution >= 4 is 5.69 Å². The van der Waals surface area contributed by atoms with Crippen LogP contribution in [0.2, 0.25) is 0 Å². The third-order valence-corrected chi connectivity index (χ3v) is 3.47. The second kappa shape index (κ2) is 5.86. The number of ether oxygens (including phenoxy) is 1. The highest BCUT2D eigenvalue weighted by Crippen LogP contribution is 2.31. The van der Waals surface area contributed by atoms with Crippen molar-refractivity contribution in [1.82, 2.24) is 0 Å². The number of aliphatic hydroxyl groups excluding tert-OH is 2. The summed E-state index contributed by atoms with van der Waals surface area (Å²) in [5.74, 6) is -0.410. The number of rotatable bonds is 3. The highest BCUT2D eigenvalue weighted by molar-refractivity contribution is 5.56. The highest BCUT2D eigenvalue weighted by atomic mass is 19.1. The molecule has 0 radical (unpaired) electrons. The molecule has 5 heteroatoms. The lowest BCUT2D eigenvalue weighted by atomic mass is 10.0. The van der Waals surface area contributed by atoms with Crippen molar-refractivity contribution < 1.29 is 19.3 Å². The Morgan fingerprint density at radius 3 is 2.89 bits per heavy atom. The molecule has 4 nitrogen and oxygen atoms in total. The summed E-state index contributed by atoms with van der Waals surface area (Å²) in [6, 6.07) is 4.84. The molecular formula is C14H20FNO3. The van der Waals surface area contributed by atoms with Crippen molar-refractivity contribution in [3.05, 3.63) is 29.6 Å². The third-order valence-electron chi connectivity index (χ3n) is 3.47. The molecule has 19 heavy (non-hydrogen) atoms. The second-order valence-electron chi connectivity index (χ2n) is 4.99. The standard InChI is InChI=1S/C14H20FNO3/c1-9-8-19-11(7-17)6-16(9)13-5-3-4-12(15)14(13)10(2)18/h3-5,9-11,17-18H,6-8H2,1-2H3/t9?,10-,11?/m1/s1. The Hall–Kier alpha value is -1.17. The fourth-order valence-corrected chi connectivity index (χ4v) is 2.45. The smallest absolute Gasteiger partial charge is 0.131 e. The number of morpholine rings is 1. The summed E-state index contributed by atoms with van der Waals surface area (Å²) in [4.78, 5) is 1.98. The molecule has 0 spiro atoms. The molecule has 1 aliphatic rings. The minimum Gasteiger partial charge on any atom is -0.394 e. The van der Waals surface area contributed by atoms with Crippen LogP contribution in [0.25, 0.3) is 0 Å². The maximum Gasteiger partial charge on any atom is 0.131 e. The zero-order valence-electron chi connectivity index (χ0n) is 11.2. The first-order chi connectivity index (χ1) is 9.04. The monoisotopic (exact) mass is 269 g/mol. The average Bonchev–Trinajstić information content (AvgIpc) is 2.38. The molecule has 0 amide bonds. The fourth-order valence-electron chi connectivity index (χ4n) is 2.45. The molecule has 1 aromatic carbocycles. The lowest BCUT2D eigenvalue weighted by Gasteiger charge is -2.40. The van der Waals surface area contributed by atoms with Gasteiger partial charge in [0.2, 0.25) is 0 Å². The Morgan fingerprint density at radius 1 is 1.53 bits per heavy atom. The van der Waals surface area contributed by atoms with Crippen LogP contribution in [0.15, 0.2) is 18.2 Å². The molecule has 1 aliphatic heterocycles. The number of nitrogens with zero attached hydrogens (tertiary/aromatic N) is 1. The van der Waals surface area contributed by atoms with Crippen LogP contribution < -0.4 is 4.90 Å². The van der Waals surface area contributed by atoms with Gasteiger partial charge in [-0.15, -0.1) is 0 Å². The van der Waals surface area contributed by atoms with Crippen molar-refractivity contribution in [3.8, 4) is 0 Å². The van der Waals surface area contributed by atoms with Crippen LogP contribution in [-0.4, -0.2) is 42.1 Å². The minimum atomic E-state index is -0.876. The summed E-state index contributed by atoms with van der Waals surface area (Å²) in [5.41, 5.74) is 0.970. The summed E-state index contributed by atoms with van der Waals surface area (Å²) in [7, 11) is 0. The van der Waals surface area contributed by atoms with Gasteiger partial charge in [-0.2, -0.15) is 0 Å². The van der Waals surface area contributed by atoms with E-state index in [4.69, 9.17) is 4.74 Å². The van der Waals surface area contributed by atoms with E-state index in [1.807, 2.05) is 11.8 Å². The summed E-state index contributed by atoms with van der Waals surface area (Å²) >= 11 is 0. The van der Waals surface area contributed by atoms with Crippen LogP contribution in [0.5, 0.6) is 0 Å². The molecular weight excluding hydrogens is 249 g/mol. The normalized spacial score (nSPS) is 25.4. The van der Waals surface area contributed by atoms with Crippen molar-refractivity contribution in [3.63, 3.8) is 0 Å². The molecule has 106 valence electrons. The Labute approximate surface area is 112 Å². The molecule has 3 atom stereocenters. The van der Waals surface area contributed by atoms with Crippen LogP contribution in [-0.2, 0) is 4.74 Å². The van der Waals surface area contributed by atoms with E-state index in [9.17, 15) is 14.6 Å². The van der Waals surface area contributed by atoms with Crippen molar-refractivity contribution in [2.24, 2.45) is 0 Å². The van der Waals surface area contributed by atoms with Crippen molar-refractivity contribution in [1.29, 1.82) is 0 Å². The number of hydrogen-bond donors (Lipinski definition) is 2. The first-order valence-corrected chi connectivity index (χ1v) is 6.50. The third kappa shape index (κ3) is 2.88. The van der Waals surface area contributed by atoms with Crippen LogP contribution >= 0.6 is 0 Å². The van der Waals surface area contributed by atoms with E-state index in [0.717, 1.165) is 0 Å². The second-order valence-corrected chi connectivity index (χ2v) is 4.99. The summed E-state index contributed by atoms with van der Waals surface area (Å²) < 4.78 is 19.4. The Bertz CT molecular complexity index is 439. The highest BCUT2D eigenvalue weighted by Gasteiger charge is 2.28. The summed E-state index contributed by atoms with van der Waals surface area (Å²) in [6.45, 7) is 4.42. The molecule has 0 aromatic heterocycles. The zero-order valence-corrected chi connectivity index (χ0v) is 11.2. The number of anilines is 1. The predicted octanol–water partition coefficient (Wildman–Crippen LogP) is 1.46. The topological polar surface area (TPSA) is 52.9 Å². The first kappa shape index (κ1) is 14.2. The molecule has 2 N–H and O–H groups in total. The molecule has 1 aromatic rings. The average molecular weight is 269 g/mol.